The van der Waals surface area contributed by atoms with Gasteiger partial charge < -0.3 is 5.11 Å². The van der Waals surface area contributed by atoms with E-state index >= 15 is 0 Å². The third-order valence-corrected chi connectivity index (χ3v) is 5.46. The van der Waals surface area contributed by atoms with Crippen molar-refractivity contribution in [1.82, 2.24) is 4.90 Å². The predicted octanol–water partition coefficient (Wildman–Crippen LogP) is 3.92. The minimum absolute atomic E-state index is 0.143. The van der Waals surface area contributed by atoms with E-state index in [0.717, 1.165) is 25.1 Å². The van der Waals surface area contributed by atoms with Crippen LogP contribution in [0.2, 0.25) is 0 Å². The van der Waals surface area contributed by atoms with Crippen LogP contribution in [-0.4, -0.2) is 10.0 Å². The smallest absolute Gasteiger partial charge is 0.0685 e. The SMILES string of the molecule is CC1(C)C[C@@H]2c3cccc(CO)c3CN2Cc2ccccc21. The maximum Gasteiger partial charge on any atom is 0.0685 e. The van der Waals surface area contributed by atoms with Crippen LogP contribution in [0.3, 0.4) is 0 Å². The van der Waals surface area contributed by atoms with Gasteiger partial charge in [0, 0.05) is 19.1 Å². The van der Waals surface area contributed by atoms with Crippen molar-refractivity contribution in [1.29, 1.82) is 0 Å². The summed E-state index contributed by atoms with van der Waals surface area (Å²) in [5.41, 5.74) is 6.99. The molecule has 0 unspecified atom stereocenters. The maximum atomic E-state index is 9.63. The summed E-state index contributed by atoms with van der Waals surface area (Å²) in [6.45, 7) is 6.83. The summed E-state index contributed by atoms with van der Waals surface area (Å²) in [7, 11) is 0. The van der Waals surface area contributed by atoms with Gasteiger partial charge in [-0.25, -0.2) is 0 Å². The van der Waals surface area contributed by atoms with Crippen molar-refractivity contribution >= 4 is 0 Å². The van der Waals surface area contributed by atoms with Crippen LogP contribution < -0.4 is 0 Å². The molecule has 2 heteroatoms. The van der Waals surface area contributed by atoms with Gasteiger partial charge >= 0.3 is 0 Å². The standard InChI is InChI=1S/C20H23NO/c1-20(2)10-19-16-8-5-7-15(13-22)17(16)12-21(19)11-14-6-3-4-9-18(14)20/h3-9,19,22H,10-13H2,1-2H3/t19-/m1/s1. The molecule has 114 valence electrons. The molecule has 0 radical (unpaired) electrons. The lowest BCUT2D eigenvalue weighted by Crippen LogP contribution is -2.24. The van der Waals surface area contributed by atoms with Gasteiger partial charge in [0.1, 0.15) is 0 Å². The Morgan fingerprint density at radius 1 is 1.09 bits per heavy atom. The molecule has 2 aromatic rings. The van der Waals surface area contributed by atoms with Crippen molar-refractivity contribution in [2.45, 2.75) is 51.4 Å². The van der Waals surface area contributed by atoms with Gasteiger partial charge in [-0.2, -0.15) is 0 Å². The molecule has 1 atom stereocenters. The van der Waals surface area contributed by atoms with Gasteiger partial charge in [-0.3, -0.25) is 4.90 Å². The number of benzene rings is 2. The Morgan fingerprint density at radius 2 is 1.91 bits per heavy atom. The van der Waals surface area contributed by atoms with Crippen LogP contribution in [0, 0.1) is 0 Å². The van der Waals surface area contributed by atoms with Crippen LogP contribution in [0.5, 0.6) is 0 Å². The highest BCUT2D eigenvalue weighted by atomic mass is 16.3. The maximum absolute atomic E-state index is 9.63. The molecule has 2 heterocycles. The second kappa shape index (κ2) is 4.94. The Hall–Kier alpha value is -1.64. The lowest BCUT2D eigenvalue weighted by atomic mass is 9.77. The molecule has 0 spiro atoms. The van der Waals surface area contributed by atoms with Gasteiger partial charge in [0.2, 0.25) is 0 Å². The molecule has 2 aliphatic heterocycles. The molecule has 2 nitrogen and oxygen atoms in total. The van der Waals surface area contributed by atoms with Gasteiger partial charge in [0.15, 0.2) is 0 Å². The summed E-state index contributed by atoms with van der Waals surface area (Å²) in [6.07, 6.45) is 1.13. The fraction of sp³-hybridized carbons (Fsp3) is 0.400. The predicted molar refractivity (Wildman–Crippen MR) is 88.4 cm³/mol. The van der Waals surface area contributed by atoms with Crippen LogP contribution >= 0.6 is 0 Å². The fourth-order valence-electron chi connectivity index (χ4n) is 4.35. The first-order valence-corrected chi connectivity index (χ1v) is 8.14. The molecule has 0 fully saturated rings. The third-order valence-electron chi connectivity index (χ3n) is 5.46. The number of aliphatic hydroxyl groups excluding tert-OH is 1. The molecule has 0 aromatic heterocycles. The van der Waals surface area contributed by atoms with Gasteiger partial charge in [0.05, 0.1) is 6.61 Å². The van der Waals surface area contributed by atoms with E-state index in [0.29, 0.717) is 6.04 Å². The first-order chi connectivity index (χ1) is 10.6. The molecule has 0 saturated carbocycles. The van der Waals surface area contributed by atoms with E-state index in [1.54, 1.807) is 0 Å². The Kier molecular flexibility index (Phi) is 3.14. The zero-order chi connectivity index (χ0) is 15.3. The van der Waals surface area contributed by atoms with Gasteiger partial charge in [-0.05, 0) is 39.7 Å². The number of hydrogen-bond donors (Lipinski definition) is 1. The molecule has 1 N–H and O–H groups in total. The van der Waals surface area contributed by atoms with Crippen molar-refractivity contribution in [2.24, 2.45) is 0 Å². The summed E-state index contributed by atoms with van der Waals surface area (Å²) in [5.74, 6) is 0. The van der Waals surface area contributed by atoms with E-state index in [2.05, 4.69) is 61.2 Å². The highest BCUT2D eigenvalue weighted by molar-refractivity contribution is 5.43. The second-order valence-corrected chi connectivity index (χ2v) is 7.31. The summed E-state index contributed by atoms with van der Waals surface area (Å²) in [4.78, 5) is 2.58. The molecule has 0 aliphatic carbocycles. The van der Waals surface area contributed by atoms with Crippen LogP contribution in [0.1, 0.15) is 54.1 Å². The van der Waals surface area contributed by atoms with Gasteiger partial charge in [0.25, 0.3) is 0 Å². The molecule has 22 heavy (non-hydrogen) atoms. The Labute approximate surface area is 132 Å². The first-order valence-electron chi connectivity index (χ1n) is 8.14. The summed E-state index contributed by atoms with van der Waals surface area (Å²) >= 11 is 0. The zero-order valence-electron chi connectivity index (χ0n) is 13.3. The number of hydrogen-bond acceptors (Lipinski definition) is 2. The number of rotatable bonds is 1. The van der Waals surface area contributed by atoms with Crippen molar-refractivity contribution in [3.05, 3.63) is 70.3 Å². The molecule has 2 aromatic carbocycles. The average molecular weight is 293 g/mol. The lowest BCUT2D eigenvalue weighted by molar-refractivity contribution is 0.185. The van der Waals surface area contributed by atoms with Gasteiger partial charge in [-0.1, -0.05) is 56.3 Å². The Morgan fingerprint density at radius 3 is 2.73 bits per heavy atom. The highest BCUT2D eigenvalue weighted by Crippen LogP contribution is 2.47. The van der Waals surface area contributed by atoms with E-state index in [4.69, 9.17) is 0 Å². The monoisotopic (exact) mass is 293 g/mol. The fourth-order valence-corrected chi connectivity index (χ4v) is 4.35. The summed E-state index contributed by atoms with van der Waals surface area (Å²) in [6, 6.07) is 15.8. The Bertz CT molecular complexity index is 719. The van der Waals surface area contributed by atoms with E-state index < -0.39 is 0 Å². The van der Waals surface area contributed by atoms with Crippen LogP contribution in [0.15, 0.2) is 42.5 Å². The number of fused-ring (bicyclic) bond motifs is 4. The number of aliphatic hydroxyl groups is 1. The molecule has 0 saturated heterocycles. The summed E-state index contributed by atoms with van der Waals surface area (Å²) < 4.78 is 0. The van der Waals surface area contributed by atoms with E-state index in [9.17, 15) is 5.11 Å². The van der Waals surface area contributed by atoms with Crippen molar-refractivity contribution in [3.63, 3.8) is 0 Å². The van der Waals surface area contributed by atoms with E-state index in [1.165, 1.54) is 22.3 Å². The van der Waals surface area contributed by atoms with Crippen LogP contribution in [0.25, 0.3) is 0 Å². The minimum atomic E-state index is 0.143. The Balaban J connectivity index is 1.81. The molecular weight excluding hydrogens is 270 g/mol. The molecule has 0 bridgehead atoms. The van der Waals surface area contributed by atoms with Crippen molar-refractivity contribution < 1.29 is 5.11 Å². The average Bonchev–Trinajstić information content (AvgIpc) is 2.79. The van der Waals surface area contributed by atoms with Crippen molar-refractivity contribution in [2.75, 3.05) is 0 Å². The molecule has 4 rings (SSSR count). The lowest BCUT2D eigenvalue weighted by Gasteiger charge is -2.29. The third kappa shape index (κ3) is 2.02. The minimum Gasteiger partial charge on any atom is -0.392 e. The van der Waals surface area contributed by atoms with Gasteiger partial charge in [-0.15, -0.1) is 0 Å². The van der Waals surface area contributed by atoms with Crippen LogP contribution in [0.4, 0.5) is 0 Å². The quantitative estimate of drug-likeness (QED) is 0.861. The normalized spacial score (nSPS) is 22.6. The molecular formula is C20H23NO. The zero-order valence-corrected chi connectivity index (χ0v) is 13.3. The molecule has 0 amide bonds. The van der Waals surface area contributed by atoms with Crippen molar-refractivity contribution in [3.8, 4) is 0 Å². The first kappa shape index (κ1) is 14.0. The largest absolute Gasteiger partial charge is 0.392 e. The van der Waals surface area contributed by atoms with E-state index in [-0.39, 0.29) is 12.0 Å². The molecule has 2 aliphatic rings. The number of nitrogens with zero attached hydrogens (tertiary/aromatic N) is 1. The summed E-state index contributed by atoms with van der Waals surface area (Å²) in [5, 5.41) is 9.63. The van der Waals surface area contributed by atoms with Crippen LogP contribution in [-0.2, 0) is 25.1 Å². The second-order valence-electron chi connectivity index (χ2n) is 7.31. The highest BCUT2D eigenvalue weighted by Gasteiger charge is 2.39. The van der Waals surface area contributed by atoms with E-state index in [1.807, 2.05) is 0 Å². The topological polar surface area (TPSA) is 23.5 Å².